The lowest BCUT2D eigenvalue weighted by molar-refractivity contribution is -0.120. The average molecular weight is 556 g/mol. The lowest BCUT2D eigenvalue weighted by Gasteiger charge is -2.25. The van der Waals surface area contributed by atoms with Gasteiger partial charge in [-0.2, -0.15) is 0 Å². The minimum Gasteiger partial charge on any atom is -0.306 e. The van der Waals surface area contributed by atoms with E-state index in [0.717, 1.165) is 53.2 Å². The number of sulfonamides is 1. The van der Waals surface area contributed by atoms with Gasteiger partial charge in [-0.05, 0) is 97.3 Å². The first-order valence-corrected chi connectivity index (χ1v) is 15.0. The van der Waals surface area contributed by atoms with Crippen LogP contribution in [0, 0.1) is 18.7 Å². The number of nitrogens with one attached hydrogen (secondary N) is 1. The molecule has 2 aliphatic rings. The maximum atomic E-state index is 14.0. The molecule has 0 radical (unpaired) electrons. The Bertz CT molecular complexity index is 1660. The molecule has 6 rings (SSSR count). The summed E-state index contributed by atoms with van der Waals surface area (Å²) in [5.74, 6) is -0.383. The first-order chi connectivity index (χ1) is 19.3. The Labute approximate surface area is 233 Å². The van der Waals surface area contributed by atoms with E-state index in [1.807, 2.05) is 61.5 Å². The molecule has 6 nitrogen and oxygen atoms in total. The van der Waals surface area contributed by atoms with Crippen molar-refractivity contribution < 1.29 is 17.6 Å². The summed E-state index contributed by atoms with van der Waals surface area (Å²) >= 11 is 0. The van der Waals surface area contributed by atoms with E-state index in [0.29, 0.717) is 13.0 Å². The molecule has 2 aliphatic carbocycles. The lowest BCUT2D eigenvalue weighted by atomic mass is 10.1. The highest BCUT2D eigenvalue weighted by Crippen LogP contribution is 2.49. The second-order valence-corrected chi connectivity index (χ2v) is 12.3. The van der Waals surface area contributed by atoms with E-state index in [2.05, 4.69) is 21.8 Å². The van der Waals surface area contributed by atoms with Gasteiger partial charge >= 0.3 is 0 Å². The first-order valence-electron chi connectivity index (χ1n) is 13.5. The minimum absolute atomic E-state index is 0.0153. The number of halogens is 1. The summed E-state index contributed by atoms with van der Waals surface area (Å²) in [5.41, 5.74) is 5.46. The molecule has 204 valence electrons. The maximum absolute atomic E-state index is 14.0. The van der Waals surface area contributed by atoms with Crippen molar-refractivity contribution >= 4 is 21.6 Å². The van der Waals surface area contributed by atoms with Gasteiger partial charge in [-0.15, -0.1) is 0 Å². The van der Waals surface area contributed by atoms with Crippen molar-refractivity contribution in [2.45, 2.75) is 49.6 Å². The van der Waals surface area contributed by atoms with Crippen LogP contribution in [0.5, 0.6) is 0 Å². The average Bonchev–Trinajstić information content (AvgIpc) is 3.67. The Kier molecular flexibility index (Phi) is 6.98. The number of nitrogens with zero attached hydrogens (tertiary/aromatic N) is 2. The van der Waals surface area contributed by atoms with Crippen molar-refractivity contribution in [3.8, 4) is 0 Å². The van der Waals surface area contributed by atoms with E-state index in [4.69, 9.17) is 0 Å². The molecular formula is C32H30FN3O3S. The van der Waals surface area contributed by atoms with Gasteiger partial charge in [0.2, 0.25) is 15.9 Å². The van der Waals surface area contributed by atoms with Crippen molar-refractivity contribution in [1.29, 1.82) is 0 Å². The molecule has 1 aromatic heterocycles. The standard InChI is InChI=1S/C32H30FN3O3S/c1-21-6-5-9-25(34-21)20-36(32(37)30-19-28(30)22-7-3-2-4-8-22)26-14-10-23-11-17-31(29(23)18-26)35-40(38,39)27-15-12-24(33)13-16-27/h2-10,12-16,18,28,30-31,35H,11,17,19-20H2,1H3/t28-,30-,31-/m0/s1. The number of benzene rings is 3. The van der Waals surface area contributed by atoms with Crippen LogP contribution in [0.1, 0.15) is 52.9 Å². The molecular weight excluding hydrogens is 525 g/mol. The molecule has 0 saturated heterocycles. The predicted octanol–water partition coefficient (Wildman–Crippen LogP) is 5.83. The molecule has 40 heavy (non-hydrogen) atoms. The Morgan fingerprint density at radius 3 is 2.52 bits per heavy atom. The van der Waals surface area contributed by atoms with E-state index in [1.54, 1.807) is 4.90 Å². The third kappa shape index (κ3) is 5.42. The zero-order chi connectivity index (χ0) is 27.9. The smallest absolute Gasteiger partial charge is 0.241 e. The molecule has 1 saturated carbocycles. The van der Waals surface area contributed by atoms with Crippen LogP contribution in [-0.4, -0.2) is 19.3 Å². The molecule has 4 aromatic rings. The zero-order valence-electron chi connectivity index (χ0n) is 22.1. The fraction of sp³-hybridized carbons (Fsp3) is 0.250. The Hall–Kier alpha value is -3.88. The monoisotopic (exact) mass is 555 g/mol. The van der Waals surface area contributed by atoms with Gasteiger partial charge in [-0.1, -0.05) is 42.5 Å². The van der Waals surface area contributed by atoms with E-state index < -0.39 is 21.9 Å². The quantitative estimate of drug-likeness (QED) is 0.297. The van der Waals surface area contributed by atoms with Gasteiger partial charge in [-0.25, -0.2) is 17.5 Å². The van der Waals surface area contributed by atoms with Gasteiger partial charge in [0.15, 0.2) is 0 Å². The largest absolute Gasteiger partial charge is 0.306 e. The molecule has 1 amide bonds. The number of carbonyl (C=O) groups is 1. The predicted molar refractivity (Wildman–Crippen MR) is 152 cm³/mol. The van der Waals surface area contributed by atoms with Crippen LogP contribution in [0.15, 0.2) is 95.9 Å². The summed E-state index contributed by atoms with van der Waals surface area (Å²) in [7, 11) is -3.85. The van der Waals surface area contributed by atoms with Crippen molar-refractivity contribution in [1.82, 2.24) is 9.71 Å². The summed E-state index contributed by atoms with van der Waals surface area (Å²) in [6, 6.07) is 26.1. The fourth-order valence-corrected chi connectivity index (χ4v) is 6.88. The molecule has 1 heterocycles. The normalized spacial score (nSPS) is 19.7. The highest BCUT2D eigenvalue weighted by atomic mass is 32.2. The minimum atomic E-state index is -3.85. The van der Waals surface area contributed by atoms with E-state index in [1.165, 1.54) is 17.7 Å². The summed E-state index contributed by atoms with van der Waals surface area (Å²) in [4.78, 5) is 20.4. The number of hydrogen-bond acceptors (Lipinski definition) is 4. The highest BCUT2D eigenvalue weighted by Gasteiger charge is 2.46. The molecule has 0 aliphatic heterocycles. The van der Waals surface area contributed by atoms with Crippen LogP contribution in [0.2, 0.25) is 0 Å². The molecule has 8 heteroatoms. The summed E-state index contributed by atoms with van der Waals surface area (Å²) in [5, 5.41) is 0. The number of fused-ring (bicyclic) bond motifs is 1. The number of pyridine rings is 1. The second-order valence-electron chi connectivity index (χ2n) is 10.6. The van der Waals surface area contributed by atoms with Crippen molar-refractivity contribution in [3.05, 3.63) is 125 Å². The number of anilines is 1. The van der Waals surface area contributed by atoms with Crippen LogP contribution in [-0.2, 0) is 27.8 Å². The molecule has 0 spiro atoms. The van der Waals surface area contributed by atoms with Gasteiger partial charge < -0.3 is 4.90 Å². The van der Waals surface area contributed by atoms with Gasteiger partial charge in [0.05, 0.1) is 17.1 Å². The lowest BCUT2D eigenvalue weighted by Crippen LogP contribution is -2.33. The Morgan fingerprint density at radius 1 is 1.00 bits per heavy atom. The molecule has 1 fully saturated rings. The van der Waals surface area contributed by atoms with Gasteiger partial charge in [0.25, 0.3) is 0 Å². The van der Waals surface area contributed by atoms with Gasteiger partial charge in [0.1, 0.15) is 5.82 Å². The SMILES string of the molecule is Cc1cccc(CN(C(=O)[C@H]2C[C@H]2c2ccccc2)c2ccc3c(c2)[C@@H](NS(=O)(=O)c2ccc(F)cc2)CC3)n1. The second kappa shape index (κ2) is 10.6. The first kappa shape index (κ1) is 26.3. The highest BCUT2D eigenvalue weighted by molar-refractivity contribution is 7.89. The number of carbonyl (C=O) groups excluding carboxylic acids is 1. The fourth-order valence-electron chi connectivity index (χ4n) is 5.63. The number of aryl methyl sites for hydroxylation is 2. The van der Waals surface area contributed by atoms with Gasteiger partial charge in [-0.3, -0.25) is 9.78 Å². The number of aromatic nitrogens is 1. The summed E-state index contributed by atoms with van der Waals surface area (Å²) < 4.78 is 42.3. The number of amides is 1. The van der Waals surface area contributed by atoms with Crippen molar-refractivity contribution in [3.63, 3.8) is 0 Å². The van der Waals surface area contributed by atoms with Gasteiger partial charge in [0, 0.05) is 23.3 Å². The van der Waals surface area contributed by atoms with Crippen molar-refractivity contribution in [2.24, 2.45) is 5.92 Å². The molecule has 3 aromatic carbocycles. The summed E-state index contributed by atoms with van der Waals surface area (Å²) in [6.07, 6.45) is 2.12. The topological polar surface area (TPSA) is 79.4 Å². The molecule has 0 unspecified atom stereocenters. The molecule has 3 atom stereocenters. The third-order valence-electron chi connectivity index (χ3n) is 7.81. The number of hydrogen-bond donors (Lipinski definition) is 1. The Balaban J connectivity index is 1.30. The maximum Gasteiger partial charge on any atom is 0.241 e. The van der Waals surface area contributed by atoms with Crippen LogP contribution in [0.3, 0.4) is 0 Å². The Morgan fingerprint density at radius 2 is 1.77 bits per heavy atom. The summed E-state index contributed by atoms with van der Waals surface area (Å²) in [6.45, 7) is 2.25. The van der Waals surface area contributed by atoms with Crippen LogP contribution in [0.25, 0.3) is 0 Å². The zero-order valence-corrected chi connectivity index (χ0v) is 22.9. The van der Waals surface area contributed by atoms with E-state index in [9.17, 15) is 17.6 Å². The van der Waals surface area contributed by atoms with Crippen LogP contribution in [0.4, 0.5) is 10.1 Å². The molecule has 1 N–H and O–H groups in total. The third-order valence-corrected chi connectivity index (χ3v) is 9.30. The van der Waals surface area contributed by atoms with E-state index >= 15 is 0 Å². The number of rotatable bonds is 8. The van der Waals surface area contributed by atoms with E-state index in [-0.39, 0.29) is 22.6 Å². The molecule has 0 bridgehead atoms. The van der Waals surface area contributed by atoms with Crippen molar-refractivity contribution in [2.75, 3.05) is 4.90 Å². The van der Waals surface area contributed by atoms with Crippen LogP contribution < -0.4 is 9.62 Å². The van der Waals surface area contributed by atoms with Crippen LogP contribution >= 0.6 is 0 Å².